The number of carbonyl (C=O) groups excluding carboxylic acids is 1. The Bertz CT molecular complexity index is 1680. The molecule has 0 saturated carbocycles. The summed E-state index contributed by atoms with van der Waals surface area (Å²) in [6.45, 7) is 1.24. The van der Waals surface area contributed by atoms with Crippen molar-refractivity contribution in [2.45, 2.75) is 19.8 Å². The number of benzene rings is 3. The van der Waals surface area contributed by atoms with Crippen LogP contribution in [0.25, 0.3) is 10.9 Å². The summed E-state index contributed by atoms with van der Waals surface area (Å²) in [6.07, 6.45) is 2.29. The van der Waals surface area contributed by atoms with E-state index in [9.17, 15) is 24.1 Å². The molecule has 0 saturated heterocycles. The molecule has 4 rings (SSSR count). The number of nitro benzene ring substituents is 1. The fraction of sp³-hybridized carbons (Fsp3) is 0.154. The van der Waals surface area contributed by atoms with Crippen LogP contribution in [-0.4, -0.2) is 33.3 Å². The van der Waals surface area contributed by atoms with Crippen LogP contribution in [0.1, 0.15) is 24.7 Å². The predicted molar refractivity (Wildman–Crippen MR) is 149 cm³/mol. The van der Waals surface area contributed by atoms with E-state index in [0.29, 0.717) is 34.0 Å². The van der Waals surface area contributed by atoms with Gasteiger partial charge in [-0.15, -0.1) is 0 Å². The number of hydrogen-bond donors (Lipinski definition) is 1. The molecule has 1 amide bonds. The van der Waals surface area contributed by atoms with Crippen LogP contribution in [0.15, 0.2) is 69.0 Å². The summed E-state index contributed by atoms with van der Waals surface area (Å²) in [5.41, 5.74) is -0.497. The summed E-state index contributed by atoms with van der Waals surface area (Å²) in [5, 5.41) is 18.7. The van der Waals surface area contributed by atoms with Gasteiger partial charge in [-0.25, -0.2) is 9.37 Å². The van der Waals surface area contributed by atoms with Gasteiger partial charge in [-0.1, -0.05) is 46.6 Å². The maximum atomic E-state index is 13.9. The molecule has 13 heteroatoms. The van der Waals surface area contributed by atoms with Gasteiger partial charge in [-0.05, 0) is 42.8 Å². The van der Waals surface area contributed by atoms with Gasteiger partial charge in [0.2, 0.25) is 5.75 Å². The molecule has 0 fully saturated rings. The summed E-state index contributed by atoms with van der Waals surface area (Å²) in [6, 6.07) is 13.0. The van der Waals surface area contributed by atoms with E-state index in [1.165, 1.54) is 36.5 Å². The van der Waals surface area contributed by atoms with Crippen molar-refractivity contribution in [3.63, 3.8) is 0 Å². The van der Waals surface area contributed by atoms with E-state index in [2.05, 4.69) is 31.3 Å². The highest BCUT2D eigenvalue weighted by Crippen LogP contribution is 2.34. The van der Waals surface area contributed by atoms with Crippen LogP contribution in [0.5, 0.6) is 5.75 Å². The second-order valence-electron chi connectivity index (χ2n) is 8.22. The van der Waals surface area contributed by atoms with Crippen molar-refractivity contribution in [2.75, 3.05) is 11.9 Å². The van der Waals surface area contributed by atoms with Crippen molar-refractivity contribution in [3.05, 3.63) is 102 Å². The van der Waals surface area contributed by atoms with Gasteiger partial charge in [0.25, 0.3) is 11.5 Å². The number of nitrogens with one attached hydrogen (secondary N) is 1. The Balaban J connectivity index is 1.72. The topological polar surface area (TPSA) is 129 Å². The maximum absolute atomic E-state index is 13.9. The molecule has 4 aromatic rings. The average Bonchev–Trinajstić information content (AvgIpc) is 2.89. The molecule has 0 bridgehead atoms. The quantitative estimate of drug-likeness (QED) is 0.146. The summed E-state index contributed by atoms with van der Waals surface area (Å²) in [5.74, 6) is -1.33. The lowest BCUT2D eigenvalue weighted by atomic mass is 10.2. The number of anilines is 1. The molecule has 0 aliphatic rings. The second-order valence-corrected chi connectivity index (χ2v) is 9.57. The number of ether oxygens (including phenoxy) is 1. The van der Waals surface area contributed by atoms with Gasteiger partial charge in [0, 0.05) is 27.5 Å². The molecule has 39 heavy (non-hydrogen) atoms. The molecule has 0 aliphatic heterocycles. The van der Waals surface area contributed by atoms with Crippen molar-refractivity contribution in [1.82, 2.24) is 9.66 Å². The molecule has 1 N–H and O–H groups in total. The van der Waals surface area contributed by atoms with Crippen molar-refractivity contribution >= 4 is 61.9 Å². The number of nitro groups is 1. The van der Waals surface area contributed by atoms with E-state index in [1.807, 2.05) is 6.92 Å². The molecule has 0 aliphatic carbocycles. The number of para-hydroxylation sites is 1. The number of nitrogens with zero attached hydrogens (tertiary/aromatic N) is 4. The van der Waals surface area contributed by atoms with Gasteiger partial charge in [0.1, 0.15) is 11.6 Å². The van der Waals surface area contributed by atoms with Crippen molar-refractivity contribution in [2.24, 2.45) is 5.10 Å². The Morgan fingerprint density at radius 1 is 1.28 bits per heavy atom. The molecule has 1 heterocycles. The van der Waals surface area contributed by atoms with Crippen LogP contribution in [0, 0.1) is 15.9 Å². The minimum absolute atomic E-state index is 0.00741. The number of aryl methyl sites for hydroxylation is 1. The van der Waals surface area contributed by atoms with E-state index in [4.69, 9.17) is 16.3 Å². The van der Waals surface area contributed by atoms with E-state index >= 15 is 0 Å². The highest BCUT2D eigenvalue weighted by molar-refractivity contribution is 9.10. The van der Waals surface area contributed by atoms with Crippen LogP contribution in [0.4, 0.5) is 15.8 Å². The molecule has 200 valence electrons. The number of halogens is 3. The summed E-state index contributed by atoms with van der Waals surface area (Å²) >= 11 is 9.46. The van der Waals surface area contributed by atoms with Crippen molar-refractivity contribution in [3.8, 4) is 5.75 Å². The van der Waals surface area contributed by atoms with Gasteiger partial charge in [-0.2, -0.15) is 9.78 Å². The van der Waals surface area contributed by atoms with Crippen LogP contribution in [0.2, 0.25) is 5.02 Å². The number of hydrogen-bond acceptors (Lipinski definition) is 7. The molecule has 10 nitrogen and oxygen atoms in total. The van der Waals surface area contributed by atoms with E-state index < -0.39 is 34.5 Å². The standard InChI is InChI=1S/C26H20BrClFN5O5/c1-2-5-23-31-20-9-8-16(27)11-18(20)26(36)33(23)30-13-15-10-17(28)12-22(34(37)38)25(15)39-14-24(35)32-21-7-4-3-6-19(21)29/h3-4,6-13H,2,5,14H2,1H3,(H,32,35). The fourth-order valence-electron chi connectivity index (χ4n) is 3.69. The lowest BCUT2D eigenvalue weighted by Crippen LogP contribution is -2.23. The summed E-state index contributed by atoms with van der Waals surface area (Å²) in [7, 11) is 0. The van der Waals surface area contributed by atoms with Gasteiger partial charge in [0.15, 0.2) is 6.61 Å². The third-order valence-electron chi connectivity index (χ3n) is 5.42. The molecule has 3 aromatic carbocycles. The van der Waals surface area contributed by atoms with E-state index in [-0.39, 0.29) is 22.0 Å². The third kappa shape index (κ3) is 6.47. The molecule has 0 spiro atoms. The maximum Gasteiger partial charge on any atom is 0.313 e. The molecular formula is C26H20BrClFN5O5. The molecule has 1 aromatic heterocycles. The van der Waals surface area contributed by atoms with Gasteiger partial charge >= 0.3 is 5.69 Å². The zero-order valence-corrected chi connectivity index (χ0v) is 22.7. The first kappa shape index (κ1) is 27.9. The molecule has 0 unspecified atom stereocenters. The fourth-order valence-corrected chi connectivity index (χ4v) is 4.28. The lowest BCUT2D eigenvalue weighted by molar-refractivity contribution is -0.385. The molecule has 0 radical (unpaired) electrons. The number of rotatable bonds is 9. The lowest BCUT2D eigenvalue weighted by Gasteiger charge is -2.12. The summed E-state index contributed by atoms with van der Waals surface area (Å²) in [4.78, 5) is 41.3. The Morgan fingerprint density at radius 2 is 2.05 bits per heavy atom. The first-order chi connectivity index (χ1) is 18.7. The number of amides is 1. The zero-order valence-electron chi connectivity index (χ0n) is 20.4. The van der Waals surface area contributed by atoms with E-state index in [0.717, 1.165) is 10.7 Å². The normalized spacial score (nSPS) is 11.2. The average molecular weight is 617 g/mol. The highest BCUT2D eigenvalue weighted by Gasteiger charge is 2.22. The van der Waals surface area contributed by atoms with Crippen LogP contribution in [-0.2, 0) is 11.2 Å². The monoisotopic (exact) mass is 615 g/mol. The highest BCUT2D eigenvalue weighted by atomic mass is 79.9. The van der Waals surface area contributed by atoms with Gasteiger partial charge in [0.05, 0.1) is 27.7 Å². The van der Waals surface area contributed by atoms with Crippen LogP contribution < -0.4 is 15.6 Å². The minimum atomic E-state index is -0.752. The number of carbonyl (C=O) groups is 1. The largest absolute Gasteiger partial charge is 0.476 e. The van der Waals surface area contributed by atoms with Crippen molar-refractivity contribution in [1.29, 1.82) is 0 Å². The summed E-state index contributed by atoms with van der Waals surface area (Å²) < 4.78 is 21.2. The van der Waals surface area contributed by atoms with E-state index in [1.54, 1.807) is 18.2 Å². The zero-order chi connectivity index (χ0) is 28.1. The van der Waals surface area contributed by atoms with Crippen LogP contribution >= 0.6 is 27.5 Å². The number of aromatic nitrogens is 2. The Morgan fingerprint density at radius 3 is 2.77 bits per heavy atom. The third-order valence-corrected chi connectivity index (χ3v) is 6.13. The smallest absolute Gasteiger partial charge is 0.313 e. The van der Waals surface area contributed by atoms with Gasteiger partial charge < -0.3 is 10.1 Å². The first-order valence-electron chi connectivity index (χ1n) is 11.6. The Labute approximate surface area is 234 Å². The molecular weight excluding hydrogens is 597 g/mol. The number of fused-ring (bicyclic) bond motifs is 1. The molecule has 0 atom stereocenters. The SMILES string of the molecule is CCCc1nc2ccc(Br)cc2c(=O)n1N=Cc1cc(Cl)cc([N+](=O)[O-])c1OCC(=O)Nc1ccccc1F. The Kier molecular flexibility index (Phi) is 8.67. The van der Waals surface area contributed by atoms with Crippen molar-refractivity contribution < 1.29 is 18.8 Å². The predicted octanol–water partition coefficient (Wildman–Crippen LogP) is 5.71. The Hall–Kier alpha value is -4.16. The van der Waals surface area contributed by atoms with Gasteiger partial charge in [-0.3, -0.25) is 19.7 Å². The minimum Gasteiger partial charge on any atom is -0.476 e. The first-order valence-corrected chi connectivity index (χ1v) is 12.8. The van der Waals surface area contributed by atoms with Crippen LogP contribution in [0.3, 0.4) is 0 Å². The second kappa shape index (κ2) is 12.1.